The van der Waals surface area contributed by atoms with Crippen LogP contribution in [0.1, 0.15) is 43.5 Å². The highest BCUT2D eigenvalue weighted by Gasteiger charge is 2.22. The molecule has 176 valence electrons. The van der Waals surface area contributed by atoms with Crippen LogP contribution in [0.2, 0.25) is 0 Å². The van der Waals surface area contributed by atoms with E-state index in [1.807, 2.05) is 19.1 Å². The maximum atomic E-state index is 13.4. The van der Waals surface area contributed by atoms with Crippen molar-refractivity contribution in [1.82, 2.24) is 20.1 Å². The first-order valence-electron chi connectivity index (χ1n) is 11.0. The topological polar surface area (TPSA) is 93.9 Å². The molecule has 9 heteroatoms. The third kappa shape index (κ3) is 4.84. The molecule has 34 heavy (non-hydrogen) atoms. The Morgan fingerprint density at radius 1 is 1.15 bits per heavy atom. The SMILES string of the molecule is CCC1=Cc2c(cnn2-c2ccc(F)cc2)C(C(=O)NCc2cncc(S(=O)(=O)CC)c2)=CC1. The molecule has 2 heterocycles. The summed E-state index contributed by atoms with van der Waals surface area (Å²) in [6.07, 6.45) is 9.80. The number of nitrogens with zero attached hydrogens (tertiary/aromatic N) is 3. The van der Waals surface area contributed by atoms with Crippen molar-refractivity contribution < 1.29 is 17.6 Å². The van der Waals surface area contributed by atoms with Crippen molar-refractivity contribution in [3.8, 4) is 5.69 Å². The predicted octanol–water partition coefficient (Wildman–Crippen LogP) is 4.10. The van der Waals surface area contributed by atoms with E-state index in [-0.39, 0.29) is 28.9 Å². The lowest BCUT2D eigenvalue weighted by Gasteiger charge is -2.10. The highest BCUT2D eigenvalue weighted by molar-refractivity contribution is 7.91. The molecule has 2 aromatic heterocycles. The summed E-state index contributed by atoms with van der Waals surface area (Å²) >= 11 is 0. The fraction of sp³-hybridized carbons (Fsp3) is 0.240. The van der Waals surface area contributed by atoms with Crippen LogP contribution in [0.15, 0.2) is 65.5 Å². The van der Waals surface area contributed by atoms with Gasteiger partial charge in [-0.05, 0) is 54.8 Å². The van der Waals surface area contributed by atoms with Crippen molar-refractivity contribution in [3.05, 3.63) is 83.2 Å². The Balaban J connectivity index is 1.61. The molecular formula is C25H25FN4O3S. The summed E-state index contributed by atoms with van der Waals surface area (Å²) in [6, 6.07) is 7.55. The van der Waals surface area contributed by atoms with E-state index in [1.54, 1.807) is 29.9 Å². The standard InChI is InChI=1S/C25H25FN4O3S/c1-3-17-5-10-22(23-16-29-30(24(23)12-17)20-8-6-19(26)7-9-20)25(31)28-14-18-11-21(15-27-13-18)34(32,33)4-2/h6-13,15-16H,3-5,14H2,1-2H3,(H,28,31). The second-order valence-electron chi connectivity index (χ2n) is 7.92. The molecule has 7 nitrogen and oxygen atoms in total. The van der Waals surface area contributed by atoms with Crippen LogP contribution in [0, 0.1) is 5.82 Å². The Morgan fingerprint density at radius 2 is 1.91 bits per heavy atom. The minimum atomic E-state index is -3.39. The number of hydrogen-bond donors (Lipinski definition) is 1. The second-order valence-corrected chi connectivity index (χ2v) is 10.2. The number of hydrogen-bond acceptors (Lipinski definition) is 5. The summed E-state index contributed by atoms with van der Waals surface area (Å²) in [4.78, 5) is 17.3. The van der Waals surface area contributed by atoms with E-state index >= 15 is 0 Å². The number of pyridine rings is 1. The Kier molecular flexibility index (Phi) is 6.74. The third-order valence-electron chi connectivity index (χ3n) is 5.74. The van der Waals surface area contributed by atoms with Crippen LogP contribution in [-0.4, -0.2) is 34.8 Å². The normalized spacial score (nSPS) is 13.5. The number of sulfone groups is 1. The van der Waals surface area contributed by atoms with E-state index in [1.165, 1.54) is 30.6 Å². The number of halogens is 1. The first-order valence-corrected chi connectivity index (χ1v) is 12.7. The number of benzene rings is 1. The lowest BCUT2D eigenvalue weighted by Crippen LogP contribution is -2.24. The average molecular weight is 481 g/mol. The summed E-state index contributed by atoms with van der Waals surface area (Å²) in [7, 11) is -3.39. The van der Waals surface area contributed by atoms with Crippen LogP contribution >= 0.6 is 0 Å². The zero-order chi connectivity index (χ0) is 24.3. The molecule has 0 radical (unpaired) electrons. The van der Waals surface area contributed by atoms with Crippen molar-refractivity contribution in [2.24, 2.45) is 0 Å². The number of carbonyl (C=O) groups is 1. The number of nitrogens with one attached hydrogen (secondary N) is 1. The molecule has 0 unspecified atom stereocenters. The molecule has 0 fully saturated rings. The minimum absolute atomic E-state index is 0.0229. The Hall–Kier alpha value is -3.59. The number of amides is 1. The summed E-state index contributed by atoms with van der Waals surface area (Å²) in [5.41, 5.74) is 4.32. The van der Waals surface area contributed by atoms with Crippen LogP contribution in [-0.2, 0) is 21.2 Å². The lowest BCUT2D eigenvalue weighted by atomic mass is 10.1. The van der Waals surface area contributed by atoms with Gasteiger partial charge in [-0.2, -0.15) is 5.10 Å². The Bertz CT molecular complexity index is 1390. The summed E-state index contributed by atoms with van der Waals surface area (Å²) < 4.78 is 39.4. The monoisotopic (exact) mass is 480 g/mol. The van der Waals surface area contributed by atoms with Crippen molar-refractivity contribution >= 4 is 27.4 Å². The van der Waals surface area contributed by atoms with Crippen LogP contribution in [0.4, 0.5) is 4.39 Å². The van der Waals surface area contributed by atoms with Crippen LogP contribution in [0.3, 0.4) is 0 Å². The van der Waals surface area contributed by atoms with Gasteiger partial charge in [-0.1, -0.05) is 25.5 Å². The third-order valence-corrected chi connectivity index (χ3v) is 7.44. The van der Waals surface area contributed by atoms with Gasteiger partial charge in [-0.15, -0.1) is 0 Å². The number of allylic oxidation sites excluding steroid dienone is 2. The fourth-order valence-electron chi connectivity index (χ4n) is 3.72. The molecule has 1 aliphatic rings. The van der Waals surface area contributed by atoms with Gasteiger partial charge >= 0.3 is 0 Å². The van der Waals surface area contributed by atoms with Gasteiger partial charge in [0, 0.05) is 30.1 Å². The molecule has 1 N–H and O–H groups in total. The van der Waals surface area contributed by atoms with Crippen LogP contribution in [0.5, 0.6) is 0 Å². The van der Waals surface area contributed by atoms with Gasteiger partial charge < -0.3 is 5.32 Å². The quantitative estimate of drug-likeness (QED) is 0.550. The number of aromatic nitrogens is 3. The second kappa shape index (κ2) is 9.72. The van der Waals surface area contributed by atoms with E-state index in [0.29, 0.717) is 28.8 Å². The van der Waals surface area contributed by atoms with E-state index in [2.05, 4.69) is 15.4 Å². The van der Waals surface area contributed by atoms with Gasteiger partial charge in [0.05, 0.1) is 28.2 Å². The number of rotatable bonds is 7. The van der Waals surface area contributed by atoms with E-state index < -0.39 is 9.84 Å². The van der Waals surface area contributed by atoms with Gasteiger partial charge in [0.2, 0.25) is 0 Å². The Morgan fingerprint density at radius 3 is 2.62 bits per heavy atom. The molecule has 0 saturated heterocycles. The first-order chi connectivity index (χ1) is 16.3. The van der Waals surface area contributed by atoms with Crippen LogP contribution in [0.25, 0.3) is 17.3 Å². The molecule has 1 aliphatic carbocycles. The maximum Gasteiger partial charge on any atom is 0.251 e. The van der Waals surface area contributed by atoms with Crippen molar-refractivity contribution in [2.45, 2.75) is 38.1 Å². The average Bonchev–Trinajstić information content (AvgIpc) is 3.16. The molecule has 0 bridgehead atoms. The highest BCUT2D eigenvalue weighted by Crippen LogP contribution is 2.30. The van der Waals surface area contributed by atoms with Gasteiger partial charge in [0.1, 0.15) is 5.82 Å². The molecule has 4 rings (SSSR count). The largest absolute Gasteiger partial charge is 0.348 e. The highest BCUT2D eigenvalue weighted by atomic mass is 32.2. The van der Waals surface area contributed by atoms with Gasteiger partial charge in [0.15, 0.2) is 9.84 Å². The van der Waals surface area contributed by atoms with Crippen LogP contribution < -0.4 is 5.32 Å². The van der Waals surface area contributed by atoms with Crippen molar-refractivity contribution in [1.29, 1.82) is 0 Å². The molecule has 0 saturated carbocycles. The molecule has 0 aliphatic heterocycles. The predicted molar refractivity (Wildman–Crippen MR) is 128 cm³/mol. The lowest BCUT2D eigenvalue weighted by molar-refractivity contribution is -0.115. The smallest absolute Gasteiger partial charge is 0.251 e. The van der Waals surface area contributed by atoms with Crippen molar-refractivity contribution in [3.63, 3.8) is 0 Å². The number of fused-ring (bicyclic) bond motifs is 1. The molecule has 0 atom stereocenters. The fourth-order valence-corrected chi connectivity index (χ4v) is 4.61. The zero-order valence-electron chi connectivity index (χ0n) is 19.0. The molecule has 1 aromatic carbocycles. The van der Waals surface area contributed by atoms with Gasteiger partial charge in [0.25, 0.3) is 5.91 Å². The van der Waals surface area contributed by atoms with E-state index in [9.17, 15) is 17.6 Å². The minimum Gasteiger partial charge on any atom is -0.348 e. The maximum absolute atomic E-state index is 13.4. The molecule has 1 amide bonds. The zero-order valence-corrected chi connectivity index (χ0v) is 19.8. The number of carbonyl (C=O) groups excluding carboxylic acids is 1. The molecule has 3 aromatic rings. The molecular weight excluding hydrogens is 455 g/mol. The summed E-state index contributed by atoms with van der Waals surface area (Å²) in [5, 5.41) is 7.33. The van der Waals surface area contributed by atoms with E-state index in [0.717, 1.165) is 17.7 Å². The Labute approximate surface area is 198 Å². The summed E-state index contributed by atoms with van der Waals surface area (Å²) in [5.74, 6) is -0.656. The van der Waals surface area contributed by atoms with Gasteiger partial charge in [-0.25, -0.2) is 17.5 Å². The summed E-state index contributed by atoms with van der Waals surface area (Å²) in [6.45, 7) is 3.75. The molecule has 0 spiro atoms. The first kappa shape index (κ1) is 23.6. The van der Waals surface area contributed by atoms with E-state index in [4.69, 9.17) is 0 Å². The van der Waals surface area contributed by atoms with Gasteiger partial charge in [-0.3, -0.25) is 9.78 Å². The van der Waals surface area contributed by atoms with Crippen molar-refractivity contribution in [2.75, 3.05) is 5.75 Å².